The summed E-state index contributed by atoms with van der Waals surface area (Å²) in [4.78, 5) is 11.7. The molecule has 114 valence electrons. The van der Waals surface area contributed by atoms with Gasteiger partial charge in [0, 0.05) is 0 Å². The molecule has 0 heterocycles. The fourth-order valence-electron chi connectivity index (χ4n) is 1.96. The maximum absolute atomic E-state index is 11.7. The summed E-state index contributed by atoms with van der Waals surface area (Å²) in [6, 6.07) is 15.8. The summed E-state index contributed by atoms with van der Waals surface area (Å²) in [5, 5.41) is 0. The third-order valence-electron chi connectivity index (χ3n) is 3.13. The molecule has 0 radical (unpaired) electrons. The number of rotatable bonds is 5. The van der Waals surface area contributed by atoms with Crippen LogP contribution in [0.3, 0.4) is 0 Å². The van der Waals surface area contributed by atoms with Crippen molar-refractivity contribution < 1.29 is 19.0 Å². The first-order valence-corrected chi connectivity index (χ1v) is 6.81. The van der Waals surface area contributed by atoms with Gasteiger partial charge in [0.1, 0.15) is 12.0 Å². The van der Waals surface area contributed by atoms with Gasteiger partial charge in [-0.25, -0.2) is 4.79 Å². The Morgan fingerprint density at radius 2 is 1.73 bits per heavy atom. The zero-order chi connectivity index (χ0) is 15.9. The number of hydrogen-bond donors (Lipinski definition) is 0. The molecule has 22 heavy (non-hydrogen) atoms. The molecule has 2 aromatic carbocycles. The van der Waals surface area contributed by atoms with Gasteiger partial charge in [-0.2, -0.15) is 0 Å². The van der Waals surface area contributed by atoms with Crippen molar-refractivity contribution >= 4 is 5.97 Å². The number of carbonyl (C=O) groups excluding carboxylic acids is 1. The van der Waals surface area contributed by atoms with Crippen molar-refractivity contribution in [2.75, 3.05) is 14.2 Å². The van der Waals surface area contributed by atoms with Crippen LogP contribution in [0.15, 0.2) is 60.6 Å². The molecule has 2 rings (SSSR count). The maximum Gasteiger partial charge on any atom is 0.377 e. The molecule has 0 fully saturated rings. The van der Waals surface area contributed by atoms with E-state index in [1.165, 1.54) is 20.5 Å². The maximum atomic E-state index is 11.7. The largest absolute Gasteiger partial charge is 0.500 e. The summed E-state index contributed by atoms with van der Waals surface area (Å²) in [6.07, 6.45) is 1.22. The zero-order valence-corrected chi connectivity index (χ0v) is 12.8. The minimum atomic E-state index is -0.591. The van der Waals surface area contributed by atoms with Gasteiger partial charge >= 0.3 is 5.97 Å². The summed E-state index contributed by atoms with van der Waals surface area (Å²) in [5.41, 5.74) is 2.98. The standard InChI is InChI=1S/C18H18O4/c1-13-9-10-15(14-7-5-4-6-8-14)11-16(13)22-17(12-20-2)18(19)21-3/h4-12H,1-3H3. The third-order valence-corrected chi connectivity index (χ3v) is 3.13. The molecular formula is C18H18O4. The van der Waals surface area contributed by atoms with Gasteiger partial charge in [-0.15, -0.1) is 0 Å². The highest BCUT2D eigenvalue weighted by Crippen LogP contribution is 2.28. The first-order chi connectivity index (χ1) is 10.7. The second kappa shape index (κ2) is 7.31. The van der Waals surface area contributed by atoms with Crippen LogP contribution in [0.25, 0.3) is 11.1 Å². The summed E-state index contributed by atoms with van der Waals surface area (Å²) in [5.74, 6) is -0.0141. The van der Waals surface area contributed by atoms with Crippen molar-refractivity contribution in [1.82, 2.24) is 0 Å². The Bertz CT molecular complexity index is 675. The lowest BCUT2D eigenvalue weighted by Crippen LogP contribution is -2.11. The van der Waals surface area contributed by atoms with Crippen LogP contribution in [0.2, 0.25) is 0 Å². The molecule has 0 spiro atoms. The van der Waals surface area contributed by atoms with Crippen molar-refractivity contribution in [2.45, 2.75) is 6.92 Å². The van der Waals surface area contributed by atoms with Gasteiger partial charge in [0.05, 0.1) is 14.2 Å². The Morgan fingerprint density at radius 3 is 2.36 bits per heavy atom. The summed E-state index contributed by atoms with van der Waals surface area (Å²) >= 11 is 0. The van der Waals surface area contributed by atoms with Crippen molar-refractivity contribution in [3.63, 3.8) is 0 Å². The second-order valence-corrected chi connectivity index (χ2v) is 4.66. The number of ether oxygens (including phenoxy) is 3. The molecule has 0 N–H and O–H groups in total. The van der Waals surface area contributed by atoms with Crippen LogP contribution in [-0.4, -0.2) is 20.2 Å². The Balaban J connectivity index is 2.35. The van der Waals surface area contributed by atoms with Crippen molar-refractivity contribution in [2.24, 2.45) is 0 Å². The number of hydrogen-bond acceptors (Lipinski definition) is 4. The molecular weight excluding hydrogens is 280 g/mol. The Kier molecular flexibility index (Phi) is 5.20. The van der Waals surface area contributed by atoms with E-state index < -0.39 is 5.97 Å². The Hall–Kier alpha value is -2.75. The minimum Gasteiger partial charge on any atom is -0.500 e. The molecule has 0 saturated heterocycles. The normalized spacial score (nSPS) is 11.0. The van der Waals surface area contributed by atoms with Crippen molar-refractivity contribution in [3.8, 4) is 16.9 Å². The first-order valence-electron chi connectivity index (χ1n) is 6.81. The van der Waals surface area contributed by atoms with Crippen LogP contribution >= 0.6 is 0 Å². The van der Waals surface area contributed by atoms with E-state index >= 15 is 0 Å². The predicted molar refractivity (Wildman–Crippen MR) is 84.4 cm³/mol. The average molecular weight is 298 g/mol. The number of esters is 1. The fraction of sp³-hybridized carbons (Fsp3) is 0.167. The molecule has 0 amide bonds. The fourth-order valence-corrected chi connectivity index (χ4v) is 1.96. The average Bonchev–Trinajstić information content (AvgIpc) is 2.56. The number of methoxy groups -OCH3 is 2. The topological polar surface area (TPSA) is 44.8 Å². The van der Waals surface area contributed by atoms with E-state index in [4.69, 9.17) is 9.47 Å². The minimum absolute atomic E-state index is 0.00156. The van der Waals surface area contributed by atoms with Crippen molar-refractivity contribution in [1.29, 1.82) is 0 Å². The molecule has 0 aliphatic carbocycles. The highest BCUT2D eigenvalue weighted by molar-refractivity contribution is 5.86. The molecule has 0 unspecified atom stereocenters. The van der Waals surface area contributed by atoms with Gasteiger partial charge in [-0.05, 0) is 29.7 Å². The van der Waals surface area contributed by atoms with Crippen LogP contribution in [-0.2, 0) is 14.3 Å². The number of aryl methyl sites for hydroxylation is 1. The predicted octanol–water partition coefficient (Wildman–Crippen LogP) is 3.70. The highest BCUT2D eigenvalue weighted by Gasteiger charge is 2.15. The number of benzene rings is 2. The quantitative estimate of drug-likeness (QED) is 0.479. The first kappa shape index (κ1) is 15.6. The Labute approximate surface area is 129 Å². The van der Waals surface area contributed by atoms with E-state index in [9.17, 15) is 4.79 Å². The van der Waals surface area contributed by atoms with Crippen LogP contribution in [0, 0.1) is 6.92 Å². The lowest BCUT2D eigenvalue weighted by molar-refractivity contribution is -0.138. The van der Waals surface area contributed by atoms with Gasteiger partial charge in [-0.3, -0.25) is 0 Å². The van der Waals surface area contributed by atoms with E-state index in [1.807, 2.05) is 55.5 Å². The summed E-state index contributed by atoms with van der Waals surface area (Å²) < 4.78 is 15.2. The van der Waals surface area contributed by atoms with Gasteiger partial charge < -0.3 is 14.2 Å². The monoisotopic (exact) mass is 298 g/mol. The molecule has 0 bridgehead atoms. The van der Waals surface area contributed by atoms with Crippen molar-refractivity contribution in [3.05, 3.63) is 66.1 Å². The lowest BCUT2D eigenvalue weighted by Gasteiger charge is -2.12. The highest BCUT2D eigenvalue weighted by atomic mass is 16.6. The van der Waals surface area contributed by atoms with E-state index in [2.05, 4.69) is 4.74 Å². The zero-order valence-electron chi connectivity index (χ0n) is 12.8. The molecule has 0 aliphatic heterocycles. The molecule has 0 aliphatic rings. The molecule has 0 saturated carbocycles. The molecule has 4 nitrogen and oxygen atoms in total. The van der Waals surface area contributed by atoms with Gasteiger partial charge in [-0.1, -0.05) is 42.5 Å². The summed E-state index contributed by atoms with van der Waals surface area (Å²) in [7, 11) is 2.74. The van der Waals surface area contributed by atoms with E-state index in [-0.39, 0.29) is 5.76 Å². The third kappa shape index (κ3) is 3.67. The van der Waals surface area contributed by atoms with Gasteiger partial charge in [0.2, 0.25) is 5.76 Å². The SMILES string of the molecule is COC=C(Oc1cc(-c2ccccc2)ccc1C)C(=O)OC. The van der Waals surface area contributed by atoms with Gasteiger partial charge in [0.15, 0.2) is 0 Å². The van der Waals surface area contributed by atoms with Crippen LogP contribution in [0.1, 0.15) is 5.56 Å². The molecule has 2 aromatic rings. The molecule has 0 atom stereocenters. The van der Waals surface area contributed by atoms with E-state index in [0.29, 0.717) is 5.75 Å². The van der Waals surface area contributed by atoms with Crippen LogP contribution in [0.4, 0.5) is 0 Å². The lowest BCUT2D eigenvalue weighted by atomic mass is 10.0. The van der Waals surface area contributed by atoms with E-state index in [1.54, 1.807) is 0 Å². The Morgan fingerprint density at radius 1 is 1.00 bits per heavy atom. The molecule has 4 heteroatoms. The van der Waals surface area contributed by atoms with Crippen LogP contribution in [0.5, 0.6) is 5.75 Å². The van der Waals surface area contributed by atoms with Gasteiger partial charge in [0.25, 0.3) is 0 Å². The number of carbonyl (C=O) groups is 1. The summed E-state index contributed by atoms with van der Waals surface area (Å²) in [6.45, 7) is 1.91. The second-order valence-electron chi connectivity index (χ2n) is 4.66. The van der Waals surface area contributed by atoms with Crippen LogP contribution < -0.4 is 4.74 Å². The smallest absolute Gasteiger partial charge is 0.377 e. The molecule has 0 aromatic heterocycles. The van der Waals surface area contributed by atoms with E-state index in [0.717, 1.165) is 16.7 Å².